The van der Waals surface area contributed by atoms with Gasteiger partial charge in [0.25, 0.3) is 0 Å². The van der Waals surface area contributed by atoms with Gasteiger partial charge >= 0.3 is 0 Å². The summed E-state index contributed by atoms with van der Waals surface area (Å²) in [6.07, 6.45) is 4.61. The maximum Gasteiger partial charge on any atom is 0.0512 e. The molecule has 1 unspecified atom stereocenters. The molecule has 1 fully saturated rings. The number of likely N-dealkylation sites (tertiary alicyclic amines) is 1. The van der Waals surface area contributed by atoms with Crippen LogP contribution in [0.1, 0.15) is 32.6 Å². The first kappa shape index (κ1) is 12.0. The van der Waals surface area contributed by atoms with Crippen LogP contribution in [0, 0.1) is 0 Å². The quantitative estimate of drug-likeness (QED) is 0.598. The molecule has 0 aromatic carbocycles. The fourth-order valence-electron chi connectivity index (χ4n) is 1.89. The molecule has 1 atom stereocenters. The lowest BCUT2D eigenvalue weighted by Gasteiger charge is -2.14. The van der Waals surface area contributed by atoms with E-state index in [0.717, 1.165) is 25.9 Å². The molecule has 0 radical (unpaired) electrons. The molecule has 1 aliphatic rings. The Balaban J connectivity index is 1.79. The van der Waals surface area contributed by atoms with E-state index in [1.807, 2.05) is 6.92 Å². The Labute approximate surface area is 87.5 Å². The van der Waals surface area contributed by atoms with Crippen molar-refractivity contribution in [3.63, 3.8) is 0 Å². The van der Waals surface area contributed by atoms with Crippen LogP contribution in [0.2, 0.25) is 0 Å². The van der Waals surface area contributed by atoms with E-state index < -0.39 is 0 Å². The van der Waals surface area contributed by atoms with Gasteiger partial charge < -0.3 is 15.3 Å². The highest BCUT2D eigenvalue weighted by atomic mass is 16.3. The van der Waals surface area contributed by atoms with Crippen LogP contribution in [0.3, 0.4) is 0 Å². The second kappa shape index (κ2) is 7.21. The topological polar surface area (TPSA) is 35.5 Å². The van der Waals surface area contributed by atoms with Crippen LogP contribution in [0.25, 0.3) is 0 Å². The lowest BCUT2D eigenvalue weighted by molar-refractivity contribution is 0.181. The first-order chi connectivity index (χ1) is 6.79. The molecule has 0 aromatic heterocycles. The van der Waals surface area contributed by atoms with Crippen molar-refractivity contribution in [2.45, 2.75) is 38.7 Å². The van der Waals surface area contributed by atoms with Gasteiger partial charge in [-0.3, -0.25) is 0 Å². The fourth-order valence-corrected chi connectivity index (χ4v) is 1.89. The maximum absolute atomic E-state index is 9.05. The molecule has 14 heavy (non-hydrogen) atoms. The molecule has 1 saturated heterocycles. The van der Waals surface area contributed by atoms with E-state index in [0.29, 0.717) is 0 Å². The summed E-state index contributed by atoms with van der Waals surface area (Å²) in [7, 11) is 0. The van der Waals surface area contributed by atoms with Crippen LogP contribution < -0.4 is 5.32 Å². The minimum atomic E-state index is -0.143. The summed E-state index contributed by atoms with van der Waals surface area (Å²) in [5.41, 5.74) is 0. The minimum Gasteiger partial charge on any atom is -0.393 e. The summed E-state index contributed by atoms with van der Waals surface area (Å²) >= 11 is 0. The van der Waals surface area contributed by atoms with E-state index in [-0.39, 0.29) is 6.10 Å². The van der Waals surface area contributed by atoms with Crippen LogP contribution in [-0.4, -0.2) is 48.8 Å². The maximum atomic E-state index is 9.05. The third kappa shape index (κ3) is 5.58. The fraction of sp³-hybridized carbons (Fsp3) is 1.00. The predicted octanol–water partition coefficient (Wildman–Crippen LogP) is 0.833. The highest BCUT2D eigenvalue weighted by Crippen LogP contribution is 2.05. The number of hydrogen-bond donors (Lipinski definition) is 2. The van der Waals surface area contributed by atoms with E-state index in [2.05, 4.69) is 10.2 Å². The Bertz CT molecular complexity index is 133. The molecule has 1 rings (SSSR count). The van der Waals surface area contributed by atoms with Crippen molar-refractivity contribution < 1.29 is 5.11 Å². The predicted molar refractivity (Wildman–Crippen MR) is 59.5 cm³/mol. The molecule has 0 amide bonds. The molecular formula is C11H24N2O. The van der Waals surface area contributed by atoms with Crippen LogP contribution in [0.15, 0.2) is 0 Å². The summed E-state index contributed by atoms with van der Waals surface area (Å²) in [6, 6.07) is 0. The Kier molecular flexibility index (Phi) is 6.15. The Hall–Kier alpha value is -0.120. The van der Waals surface area contributed by atoms with Crippen LogP contribution in [0.4, 0.5) is 0 Å². The molecule has 2 N–H and O–H groups in total. The molecular weight excluding hydrogens is 176 g/mol. The van der Waals surface area contributed by atoms with Crippen molar-refractivity contribution in [2.24, 2.45) is 0 Å². The van der Waals surface area contributed by atoms with Gasteiger partial charge in [0.15, 0.2) is 0 Å². The molecule has 0 aliphatic carbocycles. The van der Waals surface area contributed by atoms with E-state index in [4.69, 9.17) is 5.11 Å². The van der Waals surface area contributed by atoms with Gasteiger partial charge in [-0.25, -0.2) is 0 Å². The second-order valence-electron chi connectivity index (χ2n) is 4.29. The second-order valence-corrected chi connectivity index (χ2v) is 4.29. The van der Waals surface area contributed by atoms with Crippen LogP contribution >= 0.6 is 0 Å². The van der Waals surface area contributed by atoms with Crippen molar-refractivity contribution in [2.75, 3.05) is 32.7 Å². The van der Waals surface area contributed by atoms with E-state index in [9.17, 15) is 0 Å². The monoisotopic (exact) mass is 200 g/mol. The van der Waals surface area contributed by atoms with E-state index in [1.54, 1.807) is 0 Å². The number of rotatable bonds is 7. The van der Waals surface area contributed by atoms with Crippen molar-refractivity contribution in [1.82, 2.24) is 10.2 Å². The zero-order valence-electron chi connectivity index (χ0n) is 9.34. The lowest BCUT2D eigenvalue weighted by atomic mass is 10.2. The normalized spacial score (nSPS) is 20.1. The molecule has 84 valence electrons. The highest BCUT2D eigenvalue weighted by Gasteiger charge is 2.09. The van der Waals surface area contributed by atoms with Gasteiger partial charge in [-0.15, -0.1) is 0 Å². The standard InChI is InChI=1S/C11H24N2O/c1-11(14)5-4-6-12-7-10-13-8-2-3-9-13/h11-12,14H,2-10H2,1H3. The van der Waals surface area contributed by atoms with Gasteiger partial charge in [0.2, 0.25) is 0 Å². The third-order valence-electron chi connectivity index (χ3n) is 2.78. The molecule has 0 saturated carbocycles. The number of aliphatic hydroxyl groups is 1. The van der Waals surface area contributed by atoms with Gasteiger partial charge in [-0.05, 0) is 52.2 Å². The van der Waals surface area contributed by atoms with Gasteiger partial charge in [0.05, 0.1) is 6.10 Å². The third-order valence-corrected chi connectivity index (χ3v) is 2.78. The largest absolute Gasteiger partial charge is 0.393 e. The van der Waals surface area contributed by atoms with E-state index >= 15 is 0 Å². The van der Waals surface area contributed by atoms with Crippen LogP contribution in [0.5, 0.6) is 0 Å². The van der Waals surface area contributed by atoms with Crippen molar-refractivity contribution in [3.05, 3.63) is 0 Å². The van der Waals surface area contributed by atoms with Crippen molar-refractivity contribution in [1.29, 1.82) is 0 Å². The zero-order chi connectivity index (χ0) is 10.2. The average Bonchev–Trinajstić information content (AvgIpc) is 2.63. The van der Waals surface area contributed by atoms with E-state index in [1.165, 1.54) is 32.5 Å². The Morgan fingerprint density at radius 1 is 1.29 bits per heavy atom. The molecule has 1 heterocycles. The summed E-state index contributed by atoms with van der Waals surface area (Å²) in [6.45, 7) is 7.75. The smallest absolute Gasteiger partial charge is 0.0512 e. The zero-order valence-corrected chi connectivity index (χ0v) is 9.34. The summed E-state index contributed by atoms with van der Waals surface area (Å²) in [5.74, 6) is 0. The Morgan fingerprint density at radius 2 is 2.00 bits per heavy atom. The molecule has 1 aliphatic heterocycles. The average molecular weight is 200 g/mol. The van der Waals surface area contributed by atoms with Gasteiger partial charge in [0, 0.05) is 13.1 Å². The molecule has 3 nitrogen and oxygen atoms in total. The summed E-state index contributed by atoms with van der Waals surface area (Å²) < 4.78 is 0. The summed E-state index contributed by atoms with van der Waals surface area (Å²) in [5, 5.41) is 12.5. The van der Waals surface area contributed by atoms with Crippen LogP contribution in [-0.2, 0) is 0 Å². The molecule has 0 spiro atoms. The lowest BCUT2D eigenvalue weighted by Crippen LogP contribution is -2.30. The summed E-state index contributed by atoms with van der Waals surface area (Å²) in [4.78, 5) is 2.52. The highest BCUT2D eigenvalue weighted by molar-refractivity contribution is 4.66. The molecule has 0 aromatic rings. The number of nitrogens with zero attached hydrogens (tertiary/aromatic N) is 1. The SMILES string of the molecule is CC(O)CCCNCCN1CCCC1. The minimum absolute atomic E-state index is 0.143. The van der Waals surface area contributed by atoms with Gasteiger partial charge in [-0.2, -0.15) is 0 Å². The first-order valence-electron chi connectivity index (χ1n) is 5.90. The van der Waals surface area contributed by atoms with Gasteiger partial charge in [0.1, 0.15) is 0 Å². The first-order valence-corrected chi connectivity index (χ1v) is 5.90. The number of nitrogens with one attached hydrogen (secondary N) is 1. The molecule has 3 heteroatoms. The molecule has 0 bridgehead atoms. The van der Waals surface area contributed by atoms with Crippen molar-refractivity contribution >= 4 is 0 Å². The van der Waals surface area contributed by atoms with Crippen molar-refractivity contribution in [3.8, 4) is 0 Å². The number of aliphatic hydroxyl groups excluding tert-OH is 1. The number of hydrogen-bond acceptors (Lipinski definition) is 3. The van der Waals surface area contributed by atoms with Gasteiger partial charge in [-0.1, -0.05) is 0 Å². The Morgan fingerprint density at radius 3 is 2.64 bits per heavy atom.